The Hall–Kier alpha value is -2.09. The van der Waals surface area contributed by atoms with Crippen LogP contribution in [0.15, 0.2) is 6.07 Å². The lowest BCUT2D eigenvalue weighted by Crippen LogP contribution is -2.28. The first-order chi connectivity index (χ1) is 12.2. The number of H-pyrrole nitrogens is 1. The number of rotatable bonds is 4. The number of aromatic amines is 1. The van der Waals surface area contributed by atoms with Gasteiger partial charge in [-0.2, -0.15) is 13.2 Å². The van der Waals surface area contributed by atoms with Crippen LogP contribution in [0.5, 0.6) is 0 Å². The fourth-order valence-corrected chi connectivity index (χ4v) is 3.83. The van der Waals surface area contributed by atoms with Crippen molar-refractivity contribution in [2.75, 3.05) is 13.1 Å². The van der Waals surface area contributed by atoms with E-state index in [0.717, 1.165) is 32.0 Å². The molecule has 0 radical (unpaired) electrons. The van der Waals surface area contributed by atoms with Crippen molar-refractivity contribution >= 4 is 16.8 Å². The number of nitrogens with one attached hydrogen (secondary N) is 2. The number of piperidine rings is 1. The van der Waals surface area contributed by atoms with Crippen molar-refractivity contribution in [3.63, 3.8) is 0 Å². The first kappa shape index (κ1) is 18.7. The zero-order valence-electron chi connectivity index (χ0n) is 14.4. The lowest BCUT2D eigenvalue weighted by Gasteiger charge is -2.23. The number of benzene rings is 1. The maximum atomic E-state index is 14.8. The molecule has 1 aliphatic heterocycles. The molecule has 142 valence electrons. The summed E-state index contributed by atoms with van der Waals surface area (Å²) in [6.07, 6.45) is -2.84. The number of carbonyl (C=O) groups is 1. The van der Waals surface area contributed by atoms with E-state index in [0.29, 0.717) is 6.42 Å². The normalized spacial score (nSPS) is 16.3. The van der Waals surface area contributed by atoms with Gasteiger partial charge in [0.2, 0.25) is 5.91 Å². The molecule has 1 saturated heterocycles. The standard InChI is InChI=1S/C18H21F4N3O/c1-9-15-12(6-10-2-4-24-5-3-10)13(19)7-11(8-14(23)26)16(15)25-17(9)18(20,21)22/h7,10,24-25H,2-6,8H2,1H3,(H2,23,26). The van der Waals surface area contributed by atoms with Crippen LogP contribution < -0.4 is 11.1 Å². The summed E-state index contributed by atoms with van der Waals surface area (Å²) < 4.78 is 54.8. The van der Waals surface area contributed by atoms with Crippen molar-refractivity contribution in [3.05, 3.63) is 34.3 Å². The highest BCUT2D eigenvalue weighted by molar-refractivity contribution is 5.93. The number of aromatic nitrogens is 1. The number of aryl methyl sites for hydroxylation is 1. The monoisotopic (exact) mass is 371 g/mol. The Labute approximate surface area is 148 Å². The summed E-state index contributed by atoms with van der Waals surface area (Å²) in [5.41, 5.74) is 4.82. The van der Waals surface area contributed by atoms with Crippen LogP contribution >= 0.6 is 0 Å². The van der Waals surface area contributed by atoms with E-state index in [9.17, 15) is 22.4 Å². The molecule has 1 aromatic carbocycles. The Kier molecular flexibility index (Phi) is 4.96. The molecule has 3 rings (SSSR count). The van der Waals surface area contributed by atoms with Crippen LogP contribution in [0.2, 0.25) is 0 Å². The zero-order valence-corrected chi connectivity index (χ0v) is 14.4. The highest BCUT2D eigenvalue weighted by atomic mass is 19.4. The molecular formula is C18H21F4N3O. The third-order valence-corrected chi connectivity index (χ3v) is 5.06. The van der Waals surface area contributed by atoms with Gasteiger partial charge >= 0.3 is 6.18 Å². The Morgan fingerprint density at radius 2 is 1.96 bits per heavy atom. The Balaban J connectivity index is 2.18. The van der Waals surface area contributed by atoms with Crippen molar-refractivity contribution in [2.45, 2.75) is 38.8 Å². The number of hydrogen-bond acceptors (Lipinski definition) is 2. The van der Waals surface area contributed by atoms with Crippen LogP contribution in [0.25, 0.3) is 10.9 Å². The molecule has 0 aliphatic carbocycles. The van der Waals surface area contributed by atoms with Crippen LogP contribution in [-0.4, -0.2) is 24.0 Å². The van der Waals surface area contributed by atoms with E-state index >= 15 is 0 Å². The molecule has 4 N–H and O–H groups in total. The van der Waals surface area contributed by atoms with Gasteiger partial charge in [-0.1, -0.05) is 0 Å². The van der Waals surface area contributed by atoms with E-state index in [1.165, 1.54) is 6.92 Å². The minimum absolute atomic E-state index is 0.0401. The van der Waals surface area contributed by atoms with Crippen molar-refractivity contribution in [1.29, 1.82) is 0 Å². The molecule has 0 saturated carbocycles. The van der Waals surface area contributed by atoms with Gasteiger partial charge in [0.25, 0.3) is 0 Å². The second-order valence-corrected chi connectivity index (χ2v) is 6.91. The maximum Gasteiger partial charge on any atom is 0.431 e. The van der Waals surface area contributed by atoms with E-state index in [4.69, 9.17) is 5.73 Å². The van der Waals surface area contributed by atoms with E-state index in [1.807, 2.05) is 0 Å². The summed E-state index contributed by atoms with van der Waals surface area (Å²) >= 11 is 0. The lowest BCUT2D eigenvalue weighted by atomic mass is 9.87. The number of hydrogen-bond donors (Lipinski definition) is 3. The minimum Gasteiger partial charge on any atom is -0.369 e. The van der Waals surface area contributed by atoms with Crippen LogP contribution in [0.1, 0.15) is 35.2 Å². The Bertz CT molecular complexity index is 835. The molecule has 1 fully saturated rings. The van der Waals surface area contributed by atoms with Gasteiger partial charge in [-0.25, -0.2) is 4.39 Å². The maximum absolute atomic E-state index is 14.8. The minimum atomic E-state index is -4.59. The Morgan fingerprint density at radius 1 is 1.31 bits per heavy atom. The Morgan fingerprint density at radius 3 is 2.54 bits per heavy atom. The van der Waals surface area contributed by atoms with E-state index in [1.54, 1.807) is 0 Å². The summed E-state index contributed by atoms with van der Waals surface area (Å²) in [5.74, 6) is -1.10. The molecule has 4 nitrogen and oxygen atoms in total. The van der Waals surface area contributed by atoms with Crippen LogP contribution in [-0.2, 0) is 23.8 Å². The zero-order chi connectivity index (χ0) is 19.1. The molecule has 0 atom stereocenters. The van der Waals surface area contributed by atoms with Gasteiger partial charge < -0.3 is 16.0 Å². The van der Waals surface area contributed by atoms with E-state index in [-0.39, 0.29) is 39.9 Å². The van der Waals surface area contributed by atoms with Gasteiger partial charge in [0, 0.05) is 5.39 Å². The van der Waals surface area contributed by atoms with Gasteiger partial charge in [0.15, 0.2) is 0 Å². The molecule has 1 aromatic heterocycles. The summed E-state index contributed by atoms with van der Waals surface area (Å²) in [6, 6.07) is 1.14. The van der Waals surface area contributed by atoms with Crippen LogP contribution in [0.3, 0.4) is 0 Å². The van der Waals surface area contributed by atoms with E-state index < -0.39 is 23.6 Å². The average Bonchev–Trinajstić information content (AvgIpc) is 2.90. The predicted octanol–water partition coefficient (Wildman–Crippen LogP) is 3.20. The molecule has 26 heavy (non-hydrogen) atoms. The highest BCUT2D eigenvalue weighted by Gasteiger charge is 2.36. The molecule has 0 bridgehead atoms. The lowest BCUT2D eigenvalue weighted by molar-refractivity contribution is -0.141. The second kappa shape index (κ2) is 6.90. The quantitative estimate of drug-likeness (QED) is 0.723. The van der Waals surface area contributed by atoms with Crippen LogP contribution in [0, 0.1) is 18.7 Å². The summed E-state index contributed by atoms with van der Waals surface area (Å²) in [6.45, 7) is 2.96. The molecule has 2 heterocycles. The molecule has 0 unspecified atom stereocenters. The number of fused-ring (bicyclic) bond motifs is 1. The molecule has 1 amide bonds. The first-order valence-corrected chi connectivity index (χ1v) is 8.57. The number of amides is 1. The van der Waals surface area contributed by atoms with Gasteiger partial charge in [-0.05, 0) is 68.0 Å². The predicted molar refractivity (Wildman–Crippen MR) is 90.2 cm³/mol. The van der Waals surface area contributed by atoms with E-state index in [2.05, 4.69) is 10.3 Å². The average molecular weight is 371 g/mol. The fraction of sp³-hybridized carbons (Fsp3) is 0.500. The molecule has 0 spiro atoms. The third kappa shape index (κ3) is 3.56. The SMILES string of the molecule is Cc1c(C(F)(F)F)[nH]c2c(CC(N)=O)cc(F)c(CC3CCNCC3)c12. The fourth-order valence-electron chi connectivity index (χ4n) is 3.83. The largest absolute Gasteiger partial charge is 0.431 e. The first-order valence-electron chi connectivity index (χ1n) is 8.57. The van der Waals surface area contributed by atoms with Gasteiger partial charge in [0.1, 0.15) is 11.5 Å². The molecule has 1 aliphatic rings. The van der Waals surface area contributed by atoms with Gasteiger partial charge in [-0.15, -0.1) is 0 Å². The smallest absolute Gasteiger partial charge is 0.369 e. The molecule has 2 aromatic rings. The highest BCUT2D eigenvalue weighted by Crippen LogP contribution is 2.39. The topological polar surface area (TPSA) is 70.9 Å². The second-order valence-electron chi connectivity index (χ2n) is 6.91. The number of primary amides is 1. The van der Waals surface area contributed by atoms with Crippen LogP contribution in [0.4, 0.5) is 17.6 Å². The third-order valence-electron chi connectivity index (χ3n) is 5.06. The molecule has 8 heteroatoms. The number of halogens is 4. The van der Waals surface area contributed by atoms with Gasteiger partial charge in [0.05, 0.1) is 11.9 Å². The number of nitrogens with two attached hydrogens (primary N) is 1. The van der Waals surface area contributed by atoms with Crippen molar-refractivity contribution < 1.29 is 22.4 Å². The summed E-state index contributed by atoms with van der Waals surface area (Å²) in [7, 11) is 0. The van der Waals surface area contributed by atoms with Crippen molar-refractivity contribution in [2.24, 2.45) is 11.7 Å². The number of carbonyl (C=O) groups excluding carboxylic acids is 1. The van der Waals surface area contributed by atoms with Crippen molar-refractivity contribution in [3.8, 4) is 0 Å². The van der Waals surface area contributed by atoms with Gasteiger partial charge in [-0.3, -0.25) is 4.79 Å². The summed E-state index contributed by atoms with van der Waals surface area (Å²) in [4.78, 5) is 13.6. The molecular weight excluding hydrogens is 350 g/mol. The summed E-state index contributed by atoms with van der Waals surface area (Å²) in [5, 5.41) is 3.45. The van der Waals surface area contributed by atoms with Crippen molar-refractivity contribution in [1.82, 2.24) is 10.3 Å². The number of alkyl halides is 3.